The topological polar surface area (TPSA) is 32.3 Å². The van der Waals surface area contributed by atoms with Gasteiger partial charge in [-0.1, -0.05) is 6.92 Å². The highest BCUT2D eigenvalue weighted by Gasteiger charge is 2.27. The summed E-state index contributed by atoms with van der Waals surface area (Å²) in [5, 5.41) is 10.7. The largest absolute Gasteiger partial charge is 0.401 e. The maximum absolute atomic E-state index is 11.5. The summed E-state index contributed by atoms with van der Waals surface area (Å²) >= 11 is 0. The second kappa shape index (κ2) is 4.56. The van der Waals surface area contributed by atoms with Gasteiger partial charge in [0.25, 0.3) is 0 Å². The molecule has 0 aromatic heterocycles. The Morgan fingerprint density at radius 2 is 2.00 bits per heavy atom. The molecule has 0 aliphatic heterocycles. The lowest BCUT2D eigenvalue weighted by Crippen LogP contribution is -2.38. The SMILES string of the molecule is CC[C@@H](CO)NCC(F)(F)F. The van der Waals surface area contributed by atoms with Gasteiger partial charge in [0.2, 0.25) is 0 Å². The predicted molar refractivity (Wildman–Crippen MR) is 35.2 cm³/mol. The monoisotopic (exact) mass is 171 g/mol. The van der Waals surface area contributed by atoms with Crippen LogP contribution in [0.25, 0.3) is 0 Å². The molecule has 5 heteroatoms. The molecule has 1 atom stereocenters. The van der Waals surface area contributed by atoms with E-state index in [0.29, 0.717) is 6.42 Å². The molecule has 0 spiro atoms. The van der Waals surface area contributed by atoms with Crippen LogP contribution in [-0.4, -0.2) is 30.5 Å². The first-order valence-electron chi connectivity index (χ1n) is 3.40. The van der Waals surface area contributed by atoms with Crippen molar-refractivity contribution < 1.29 is 18.3 Å². The van der Waals surface area contributed by atoms with E-state index in [0.717, 1.165) is 0 Å². The van der Waals surface area contributed by atoms with Crippen LogP contribution in [-0.2, 0) is 0 Å². The van der Waals surface area contributed by atoms with Crippen molar-refractivity contribution in [2.24, 2.45) is 0 Å². The number of aliphatic hydroxyl groups is 1. The standard InChI is InChI=1S/C6H12F3NO/c1-2-5(3-11)10-4-6(7,8)9/h5,10-11H,2-4H2,1H3/t5-/m0/s1. The van der Waals surface area contributed by atoms with E-state index in [4.69, 9.17) is 5.11 Å². The van der Waals surface area contributed by atoms with Crippen LogP contribution in [0, 0.1) is 0 Å². The molecule has 0 saturated heterocycles. The van der Waals surface area contributed by atoms with Crippen LogP contribution in [0.5, 0.6) is 0 Å². The summed E-state index contributed by atoms with van der Waals surface area (Å²) in [5.41, 5.74) is 0. The Balaban J connectivity index is 3.51. The third kappa shape index (κ3) is 6.12. The van der Waals surface area contributed by atoms with E-state index >= 15 is 0 Å². The number of aliphatic hydroxyl groups excluding tert-OH is 1. The number of halogens is 3. The Labute approximate surface area is 63.4 Å². The van der Waals surface area contributed by atoms with Gasteiger partial charge in [-0.25, -0.2) is 0 Å². The maximum atomic E-state index is 11.5. The Hall–Kier alpha value is -0.290. The first-order chi connectivity index (χ1) is 4.99. The Morgan fingerprint density at radius 1 is 1.45 bits per heavy atom. The number of hydrogen-bond acceptors (Lipinski definition) is 2. The van der Waals surface area contributed by atoms with E-state index in [1.165, 1.54) is 0 Å². The summed E-state index contributed by atoms with van der Waals surface area (Å²) < 4.78 is 34.6. The number of rotatable bonds is 4. The summed E-state index contributed by atoms with van der Waals surface area (Å²) in [7, 11) is 0. The van der Waals surface area contributed by atoms with E-state index in [2.05, 4.69) is 5.32 Å². The first kappa shape index (κ1) is 10.7. The van der Waals surface area contributed by atoms with Crippen molar-refractivity contribution in [1.29, 1.82) is 0 Å². The number of hydrogen-bond donors (Lipinski definition) is 2. The second-order valence-corrected chi connectivity index (χ2v) is 2.28. The lowest BCUT2D eigenvalue weighted by atomic mass is 10.2. The molecule has 0 unspecified atom stereocenters. The van der Waals surface area contributed by atoms with Crippen molar-refractivity contribution in [3.05, 3.63) is 0 Å². The summed E-state index contributed by atoms with van der Waals surface area (Å²) in [6.45, 7) is 0.420. The minimum absolute atomic E-state index is 0.257. The van der Waals surface area contributed by atoms with Gasteiger partial charge in [-0.2, -0.15) is 13.2 Å². The van der Waals surface area contributed by atoms with E-state index < -0.39 is 18.8 Å². The van der Waals surface area contributed by atoms with Crippen LogP contribution in [0.2, 0.25) is 0 Å². The molecule has 0 aliphatic rings. The highest BCUT2D eigenvalue weighted by Crippen LogP contribution is 2.12. The van der Waals surface area contributed by atoms with Crippen molar-refractivity contribution >= 4 is 0 Å². The zero-order valence-electron chi connectivity index (χ0n) is 6.28. The Bertz CT molecular complexity index is 100. The highest BCUT2D eigenvalue weighted by molar-refractivity contribution is 4.65. The average Bonchev–Trinajstić information content (AvgIpc) is 1.88. The normalized spacial score (nSPS) is 15.0. The fourth-order valence-electron chi connectivity index (χ4n) is 0.598. The van der Waals surface area contributed by atoms with Crippen LogP contribution < -0.4 is 5.32 Å². The fraction of sp³-hybridized carbons (Fsp3) is 1.00. The zero-order valence-corrected chi connectivity index (χ0v) is 6.28. The molecular formula is C6H12F3NO. The van der Waals surface area contributed by atoms with Crippen molar-refractivity contribution in [3.63, 3.8) is 0 Å². The Kier molecular flexibility index (Phi) is 4.44. The van der Waals surface area contributed by atoms with Crippen molar-refractivity contribution in [2.45, 2.75) is 25.6 Å². The van der Waals surface area contributed by atoms with E-state index in [1.54, 1.807) is 6.92 Å². The summed E-state index contributed by atoms with van der Waals surface area (Å²) in [6.07, 6.45) is -3.70. The van der Waals surface area contributed by atoms with Gasteiger partial charge < -0.3 is 10.4 Å². The minimum Gasteiger partial charge on any atom is -0.395 e. The maximum Gasteiger partial charge on any atom is 0.401 e. The smallest absolute Gasteiger partial charge is 0.395 e. The molecule has 0 fully saturated rings. The van der Waals surface area contributed by atoms with Gasteiger partial charge in [0.05, 0.1) is 13.2 Å². The summed E-state index contributed by atoms with van der Waals surface area (Å²) in [6, 6.07) is -0.448. The van der Waals surface area contributed by atoms with E-state index in [-0.39, 0.29) is 6.61 Å². The van der Waals surface area contributed by atoms with Crippen molar-refractivity contribution in [3.8, 4) is 0 Å². The van der Waals surface area contributed by atoms with E-state index in [1.807, 2.05) is 0 Å². The van der Waals surface area contributed by atoms with Crippen LogP contribution >= 0.6 is 0 Å². The van der Waals surface area contributed by atoms with Gasteiger partial charge in [-0.15, -0.1) is 0 Å². The van der Waals surface area contributed by atoms with Gasteiger partial charge in [-0.3, -0.25) is 0 Å². The molecule has 0 rings (SSSR count). The molecule has 11 heavy (non-hydrogen) atoms. The minimum atomic E-state index is -4.19. The third-order valence-electron chi connectivity index (χ3n) is 1.30. The summed E-state index contributed by atoms with van der Waals surface area (Å²) in [5.74, 6) is 0. The van der Waals surface area contributed by atoms with Crippen LogP contribution in [0.3, 0.4) is 0 Å². The lowest BCUT2D eigenvalue weighted by Gasteiger charge is -2.14. The number of nitrogens with one attached hydrogen (secondary N) is 1. The van der Waals surface area contributed by atoms with Crippen molar-refractivity contribution in [2.75, 3.05) is 13.2 Å². The van der Waals surface area contributed by atoms with Gasteiger partial charge in [-0.05, 0) is 6.42 Å². The third-order valence-corrected chi connectivity index (χ3v) is 1.30. The molecular weight excluding hydrogens is 159 g/mol. The molecule has 0 amide bonds. The quantitative estimate of drug-likeness (QED) is 0.659. The fourth-order valence-corrected chi connectivity index (χ4v) is 0.598. The van der Waals surface area contributed by atoms with E-state index in [9.17, 15) is 13.2 Å². The molecule has 0 aromatic rings. The summed E-state index contributed by atoms with van der Waals surface area (Å²) in [4.78, 5) is 0. The molecule has 0 aromatic carbocycles. The predicted octanol–water partition coefficient (Wildman–Crippen LogP) is 0.909. The lowest BCUT2D eigenvalue weighted by molar-refractivity contribution is -0.126. The average molecular weight is 171 g/mol. The highest BCUT2D eigenvalue weighted by atomic mass is 19.4. The second-order valence-electron chi connectivity index (χ2n) is 2.28. The molecule has 68 valence electrons. The van der Waals surface area contributed by atoms with Gasteiger partial charge in [0.1, 0.15) is 0 Å². The molecule has 0 aliphatic carbocycles. The van der Waals surface area contributed by atoms with Crippen LogP contribution in [0.15, 0.2) is 0 Å². The zero-order chi connectivity index (χ0) is 8.91. The van der Waals surface area contributed by atoms with Crippen molar-refractivity contribution in [1.82, 2.24) is 5.32 Å². The van der Waals surface area contributed by atoms with Crippen LogP contribution in [0.1, 0.15) is 13.3 Å². The van der Waals surface area contributed by atoms with Gasteiger partial charge in [0, 0.05) is 6.04 Å². The Morgan fingerprint density at radius 3 is 2.27 bits per heavy atom. The van der Waals surface area contributed by atoms with Gasteiger partial charge in [0.15, 0.2) is 0 Å². The molecule has 2 nitrogen and oxygen atoms in total. The van der Waals surface area contributed by atoms with Crippen LogP contribution in [0.4, 0.5) is 13.2 Å². The molecule has 0 radical (unpaired) electrons. The molecule has 0 heterocycles. The molecule has 2 N–H and O–H groups in total. The van der Waals surface area contributed by atoms with Gasteiger partial charge >= 0.3 is 6.18 Å². The number of alkyl halides is 3. The molecule has 0 bridgehead atoms. The first-order valence-corrected chi connectivity index (χ1v) is 3.40. The molecule has 0 saturated carbocycles.